The van der Waals surface area contributed by atoms with Gasteiger partial charge >= 0.3 is 0 Å². The molecule has 5 heteroatoms. The van der Waals surface area contributed by atoms with Crippen molar-refractivity contribution in [2.45, 2.75) is 20.5 Å². The number of nitrogens with zero attached hydrogens (tertiary/aromatic N) is 3. The Kier molecular flexibility index (Phi) is 4.35. The Balaban J connectivity index is 2.55. The molecular formula is C14H16ClN3O. The molecular weight excluding hydrogens is 262 g/mol. The Morgan fingerprint density at radius 3 is 2.63 bits per heavy atom. The highest BCUT2D eigenvalue weighted by Crippen LogP contribution is 2.31. The lowest BCUT2D eigenvalue weighted by atomic mass is 10.1. The number of para-hydroxylation sites is 1. The van der Waals surface area contributed by atoms with E-state index < -0.39 is 0 Å². The maximum atomic E-state index is 9.47. The van der Waals surface area contributed by atoms with Crippen molar-refractivity contribution in [2.75, 3.05) is 11.4 Å². The van der Waals surface area contributed by atoms with Gasteiger partial charge in [0, 0.05) is 12.2 Å². The monoisotopic (exact) mass is 277 g/mol. The minimum Gasteiger partial charge on any atom is -0.391 e. The molecule has 0 spiro atoms. The number of anilines is 2. The zero-order chi connectivity index (χ0) is 13.8. The Morgan fingerprint density at radius 2 is 2.00 bits per heavy atom. The molecule has 0 atom stereocenters. The van der Waals surface area contributed by atoms with Crippen molar-refractivity contribution in [1.29, 1.82) is 0 Å². The average molecular weight is 278 g/mol. The van der Waals surface area contributed by atoms with Gasteiger partial charge in [-0.2, -0.15) is 0 Å². The molecule has 0 aliphatic carbocycles. The van der Waals surface area contributed by atoms with E-state index in [1.54, 1.807) is 0 Å². The fourth-order valence-electron chi connectivity index (χ4n) is 2.05. The van der Waals surface area contributed by atoms with Crippen molar-refractivity contribution >= 4 is 23.1 Å². The van der Waals surface area contributed by atoms with E-state index in [0.717, 1.165) is 17.8 Å². The zero-order valence-electron chi connectivity index (χ0n) is 11.0. The van der Waals surface area contributed by atoms with Crippen LogP contribution in [0.1, 0.15) is 18.1 Å². The van der Waals surface area contributed by atoms with Gasteiger partial charge in [-0.05, 0) is 25.5 Å². The summed E-state index contributed by atoms with van der Waals surface area (Å²) in [4.78, 5) is 10.2. The third-order valence-corrected chi connectivity index (χ3v) is 3.33. The first kappa shape index (κ1) is 13.8. The molecule has 1 aromatic heterocycles. The number of hydrogen-bond acceptors (Lipinski definition) is 4. The summed E-state index contributed by atoms with van der Waals surface area (Å²) in [5.41, 5.74) is 2.74. The second-order valence-electron chi connectivity index (χ2n) is 4.16. The molecule has 0 unspecified atom stereocenters. The molecule has 1 N–H and O–H groups in total. The van der Waals surface area contributed by atoms with Crippen molar-refractivity contribution < 1.29 is 5.11 Å². The molecule has 0 radical (unpaired) electrons. The number of rotatable bonds is 4. The summed E-state index contributed by atoms with van der Waals surface area (Å²) in [5, 5.41) is 9.76. The first-order chi connectivity index (χ1) is 9.19. The van der Waals surface area contributed by atoms with Crippen LogP contribution >= 0.6 is 11.6 Å². The maximum absolute atomic E-state index is 9.47. The molecule has 1 heterocycles. The quantitative estimate of drug-likeness (QED) is 0.873. The first-order valence-corrected chi connectivity index (χ1v) is 6.50. The van der Waals surface area contributed by atoms with E-state index in [4.69, 9.17) is 11.6 Å². The van der Waals surface area contributed by atoms with Crippen LogP contribution in [-0.2, 0) is 6.61 Å². The highest BCUT2D eigenvalue weighted by atomic mass is 35.5. The first-order valence-electron chi connectivity index (χ1n) is 6.12. The Labute approximate surface area is 117 Å². The Morgan fingerprint density at radius 1 is 1.26 bits per heavy atom. The molecule has 0 aliphatic rings. The number of aryl methyl sites for hydroxylation is 1. The van der Waals surface area contributed by atoms with Crippen molar-refractivity contribution in [1.82, 2.24) is 9.97 Å². The van der Waals surface area contributed by atoms with Gasteiger partial charge in [0.15, 0.2) is 0 Å². The van der Waals surface area contributed by atoms with Gasteiger partial charge in [0.1, 0.15) is 17.3 Å². The Bertz CT molecular complexity index is 574. The third kappa shape index (κ3) is 2.69. The molecule has 4 nitrogen and oxygen atoms in total. The molecule has 2 rings (SSSR count). The summed E-state index contributed by atoms with van der Waals surface area (Å²) in [7, 11) is 0. The standard InChI is InChI=1S/C14H16ClN3O/c1-3-18(12-7-5-4-6-10(12)2)14-11(8-19)13(15)16-9-17-14/h4-7,9,19H,3,8H2,1-2H3. The number of halogens is 1. The lowest BCUT2D eigenvalue weighted by Gasteiger charge is -2.25. The lowest BCUT2D eigenvalue weighted by Crippen LogP contribution is -2.20. The van der Waals surface area contributed by atoms with Gasteiger partial charge in [-0.15, -0.1) is 0 Å². The summed E-state index contributed by atoms with van der Waals surface area (Å²) >= 11 is 6.02. The molecule has 0 fully saturated rings. The van der Waals surface area contributed by atoms with Gasteiger partial charge in [-0.1, -0.05) is 29.8 Å². The van der Waals surface area contributed by atoms with Gasteiger partial charge in [-0.3, -0.25) is 0 Å². The zero-order valence-corrected chi connectivity index (χ0v) is 11.7. The second-order valence-corrected chi connectivity index (χ2v) is 4.51. The largest absolute Gasteiger partial charge is 0.391 e. The smallest absolute Gasteiger partial charge is 0.143 e. The topological polar surface area (TPSA) is 49.2 Å². The van der Waals surface area contributed by atoms with Gasteiger partial charge in [0.2, 0.25) is 0 Å². The highest BCUT2D eigenvalue weighted by molar-refractivity contribution is 6.30. The van der Waals surface area contributed by atoms with Gasteiger partial charge in [0.05, 0.1) is 12.2 Å². The fraction of sp³-hybridized carbons (Fsp3) is 0.286. The van der Waals surface area contributed by atoms with Crippen LogP contribution in [0.2, 0.25) is 5.15 Å². The predicted molar refractivity (Wildman–Crippen MR) is 76.8 cm³/mol. The van der Waals surface area contributed by atoms with Crippen molar-refractivity contribution in [3.8, 4) is 0 Å². The Hall–Kier alpha value is -1.65. The molecule has 0 amide bonds. The SMILES string of the molecule is CCN(c1ccccc1C)c1ncnc(Cl)c1CO. The number of aliphatic hydroxyl groups is 1. The van der Waals surface area contributed by atoms with Crippen molar-refractivity contribution in [3.05, 3.63) is 46.9 Å². The molecule has 19 heavy (non-hydrogen) atoms. The van der Waals surface area contributed by atoms with E-state index in [1.165, 1.54) is 6.33 Å². The van der Waals surface area contributed by atoms with Crippen LogP contribution < -0.4 is 4.90 Å². The molecule has 1 aromatic carbocycles. The minimum absolute atomic E-state index is 0.183. The molecule has 2 aromatic rings. The average Bonchev–Trinajstić information content (AvgIpc) is 2.42. The van der Waals surface area contributed by atoms with E-state index in [-0.39, 0.29) is 6.61 Å². The summed E-state index contributed by atoms with van der Waals surface area (Å²) in [6.07, 6.45) is 1.41. The lowest BCUT2D eigenvalue weighted by molar-refractivity contribution is 0.281. The van der Waals surface area contributed by atoms with E-state index >= 15 is 0 Å². The molecule has 0 saturated heterocycles. The number of aromatic nitrogens is 2. The van der Waals surface area contributed by atoms with Crippen LogP contribution in [-0.4, -0.2) is 21.6 Å². The number of hydrogen-bond donors (Lipinski definition) is 1. The van der Waals surface area contributed by atoms with Crippen molar-refractivity contribution in [2.24, 2.45) is 0 Å². The number of benzene rings is 1. The van der Waals surface area contributed by atoms with Gasteiger partial charge in [-0.25, -0.2) is 9.97 Å². The van der Waals surface area contributed by atoms with Gasteiger partial charge in [0.25, 0.3) is 0 Å². The van der Waals surface area contributed by atoms with Crippen LogP contribution in [0.15, 0.2) is 30.6 Å². The molecule has 0 aliphatic heterocycles. The van der Waals surface area contributed by atoms with E-state index in [9.17, 15) is 5.11 Å². The fourth-order valence-corrected chi connectivity index (χ4v) is 2.24. The summed E-state index contributed by atoms with van der Waals surface area (Å²) < 4.78 is 0. The molecule has 0 bridgehead atoms. The van der Waals surface area contributed by atoms with Crippen LogP contribution in [0.3, 0.4) is 0 Å². The van der Waals surface area contributed by atoms with Crippen molar-refractivity contribution in [3.63, 3.8) is 0 Å². The van der Waals surface area contributed by atoms with E-state index in [1.807, 2.05) is 43.0 Å². The number of aliphatic hydroxyl groups excluding tert-OH is 1. The predicted octanol–water partition coefficient (Wildman–Crippen LogP) is 3.09. The highest BCUT2D eigenvalue weighted by Gasteiger charge is 2.17. The van der Waals surface area contributed by atoms with E-state index in [2.05, 4.69) is 9.97 Å². The van der Waals surface area contributed by atoms with Crippen LogP contribution in [0.5, 0.6) is 0 Å². The van der Waals surface area contributed by atoms with Crippen LogP contribution in [0.25, 0.3) is 0 Å². The summed E-state index contributed by atoms with van der Waals surface area (Å²) in [6, 6.07) is 8.04. The summed E-state index contributed by atoms with van der Waals surface area (Å²) in [5.74, 6) is 0.652. The third-order valence-electron chi connectivity index (χ3n) is 3.01. The van der Waals surface area contributed by atoms with E-state index in [0.29, 0.717) is 16.5 Å². The summed E-state index contributed by atoms with van der Waals surface area (Å²) in [6.45, 7) is 4.62. The minimum atomic E-state index is -0.183. The normalized spacial score (nSPS) is 10.5. The van der Waals surface area contributed by atoms with Crippen LogP contribution in [0, 0.1) is 6.92 Å². The van der Waals surface area contributed by atoms with Crippen LogP contribution in [0.4, 0.5) is 11.5 Å². The maximum Gasteiger partial charge on any atom is 0.143 e. The van der Waals surface area contributed by atoms with Gasteiger partial charge < -0.3 is 10.0 Å². The molecule has 0 saturated carbocycles. The molecule has 100 valence electrons. The second kappa shape index (κ2) is 5.99.